The molecule has 86 valence electrons. The van der Waals surface area contributed by atoms with Crippen LogP contribution in [0.2, 0.25) is 0 Å². The highest BCUT2D eigenvalue weighted by Crippen LogP contribution is 2.31. The van der Waals surface area contributed by atoms with Crippen LogP contribution in [0.3, 0.4) is 0 Å². The number of benzene rings is 1. The van der Waals surface area contributed by atoms with Gasteiger partial charge in [0.15, 0.2) is 0 Å². The Morgan fingerprint density at radius 1 is 1.56 bits per heavy atom. The second-order valence-corrected chi connectivity index (χ2v) is 3.79. The van der Waals surface area contributed by atoms with Crippen LogP contribution in [-0.4, -0.2) is 30.7 Å². The minimum absolute atomic E-state index is 0.353. The molecular formula is C11H13FN2O2. The van der Waals surface area contributed by atoms with Gasteiger partial charge in [-0.25, -0.2) is 4.39 Å². The minimum atomic E-state index is -0.427. The summed E-state index contributed by atoms with van der Waals surface area (Å²) in [6.07, 6.45) is 0.711. The van der Waals surface area contributed by atoms with Crippen LogP contribution >= 0.6 is 0 Å². The Kier molecular flexibility index (Phi) is 3.05. The summed E-state index contributed by atoms with van der Waals surface area (Å²) in [4.78, 5) is 12.2. The summed E-state index contributed by atoms with van der Waals surface area (Å²) in [5.41, 5.74) is 0.787. The van der Waals surface area contributed by atoms with Crippen LogP contribution in [0.15, 0.2) is 18.2 Å². The van der Waals surface area contributed by atoms with Gasteiger partial charge in [0.1, 0.15) is 5.82 Å². The highest BCUT2D eigenvalue weighted by atomic mass is 19.1. The molecule has 1 atom stereocenters. The van der Waals surface area contributed by atoms with Crippen molar-refractivity contribution in [2.45, 2.75) is 12.5 Å². The molecule has 1 aliphatic rings. The monoisotopic (exact) mass is 224 g/mol. The Balaban J connectivity index is 2.33. The lowest BCUT2D eigenvalue weighted by molar-refractivity contribution is -0.105. The molecule has 2 N–H and O–H groups in total. The molecule has 1 heterocycles. The Morgan fingerprint density at radius 3 is 3.00 bits per heavy atom. The minimum Gasteiger partial charge on any atom is -0.391 e. The van der Waals surface area contributed by atoms with Crippen LogP contribution in [0.5, 0.6) is 0 Å². The van der Waals surface area contributed by atoms with E-state index in [-0.39, 0.29) is 5.82 Å². The number of amides is 1. The van der Waals surface area contributed by atoms with Crippen molar-refractivity contribution in [2.75, 3.05) is 23.3 Å². The summed E-state index contributed by atoms with van der Waals surface area (Å²) in [5.74, 6) is -0.388. The average Bonchev–Trinajstić information content (AvgIpc) is 2.65. The van der Waals surface area contributed by atoms with Gasteiger partial charge in [0.25, 0.3) is 0 Å². The van der Waals surface area contributed by atoms with Crippen molar-refractivity contribution in [3.63, 3.8) is 0 Å². The zero-order chi connectivity index (χ0) is 11.5. The van der Waals surface area contributed by atoms with Crippen LogP contribution in [0.1, 0.15) is 6.42 Å². The predicted molar refractivity (Wildman–Crippen MR) is 58.9 cm³/mol. The van der Waals surface area contributed by atoms with Crippen molar-refractivity contribution < 1.29 is 14.3 Å². The molecule has 0 saturated carbocycles. The number of hydrogen-bond donors (Lipinski definition) is 2. The fourth-order valence-electron chi connectivity index (χ4n) is 1.96. The van der Waals surface area contributed by atoms with Gasteiger partial charge in [-0.05, 0) is 18.6 Å². The van der Waals surface area contributed by atoms with Gasteiger partial charge in [-0.3, -0.25) is 4.79 Å². The molecule has 0 spiro atoms. The number of nitrogens with zero attached hydrogens (tertiary/aromatic N) is 1. The second-order valence-electron chi connectivity index (χ2n) is 3.79. The number of nitrogens with one attached hydrogen (secondary N) is 1. The molecule has 1 fully saturated rings. The molecule has 4 nitrogen and oxygen atoms in total. The molecule has 1 aromatic rings. The van der Waals surface area contributed by atoms with Gasteiger partial charge in [-0.1, -0.05) is 6.07 Å². The van der Waals surface area contributed by atoms with E-state index in [1.807, 2.05) is 0 Å². The molecular weight excluding hydrogens is 211 g/mol. The lowest BCUT2D eigenvalue weighted by Gasteiger charge is -2.21. The smallest absolute Gasteiger partial charge is 0.211 e. The number of rotatable bonds is 3. The molecule has 0 aliphatic carbocycles. The molecule has 1 aromatic carbocycles. The SMILES string of the molecule is O=CNc1cccc(F)c1N1CCC(O)C1. The third-order valence-corrected chi connectivity index (χ3v) is 2.68. The van der Waals surface area contributed by atoms with E-state index in [1.165, 1.54) is 12.1 Å². The van der Waals surface area contributed by atoms with Crippen LogP contribution in [0, 0.1) is 5.82 Å². The highest BCUT2D eigenvalue weighted by Gasteiger charge is 2.24. The van der Waals surface area contributed by atoms with E-state index in [0.717, 1.165) is 0 Å². The third-order valence-electron chi connectivity index (χ3n) is 2.68. The van der Waals surface area contributed by atoms with Crippen LogP contribution in [-0.2, 0) is 4.79 Å². The maximum atomic E-state index is 13.7. The summed E-state index contributed by atoms with van der Waals surface area (Å²) < 4.78 is 13.7. The topological polar surface area (TPSA) is 52.6 Å². The van der Waals surface area contributed by atoms with E-state index in [2.05, 4.69) is 5.32 Å². The van der Waals surface area contributed by atoms with Crippen LogP contribution in [0.4, 0.5) is 15.8 Å². The number of carbonyl (C=O) groups is 1. The Morgan fingerprint density at radius 2 is 2.38 bits per heavy atom. The van der Waals surface area contributed by atoms with Gasteiger partial charge >= 0.3 is 0 Å². The van der Waals surface area contributed by atoms with Gasteiger partial charge in [0.05, 0.1) is 17.5 Å². The van der Waals surface area contributed by atoms with Gasteiger partial charge in [0.2, 0.25) is 6.41 Å². The van der Waals surface area contributed by atoms with Gasteiger partial charge in [-0.2, -0.15) is 0 Å². The standard InChI is InChI=1S/C11H13FN2O2/c12-9-2-1-3-10(13-7-15)11(9)14-5-4-8(16)6-14/h1-3,7-8,16H,4-6H2,(H,13,15). The molecule has 1 amide bonds. The molecule has 1 saturated heterocycles. The van der Waals surface area contributed by atoms with E-state index in [4.69, 9.17) is 0 Å². The Labute approximate surface area is 92.7 Å². The number of hydrogen-bond acceptors (Lipinski definition) is 3. The molecule has 0 bridgehead atoms. The van der Waals surface area contributed by atoms with Gasteiger partial charge in [-0.15, -0.1) is 0 Å². The normalized spacial score (nSPS) is 19.9. The average molecular weight is 224 g/mol. The van der Waals surface area contributed by atoms with E-state index < -0.39 is 6.10 Å². The summed E-state index contributed by atoms with van der Waals surface area (Å²) in [7, 11) is 0. The van der Waals surface area contributed by atoms with Crippen molar-refractivity contribution in [3.05, 3.63) is 24.0 Å². The number of anilines is 2. The molecule has 2 rings (SSSR count). The maximum Gasteiger partial charge on any atom is 0.211 e. The number of β-amino-alcohol motifs (C(OH)–C–C–N with tert-alkyl or cyclic N) is 1. The summed E-state index contributed by atoms with van der Waals surface area (Å²) in [5, 5.41) is 11.9. The van der Waals surface area contributed by atoms with E-state index in [9.17, 15) is 14.3 Å². The molecule has 1 unspecified atom stereocenters. The lowest BCUT2D eigenvalue weighted by Crippen LogP contribution is -2.23. The largest absolute Gasteiger partial charge is 0.391 e. The third kappa shape index (κ3) is 1.99. The zero-order valence-corrected chi connectivity index (χ0v) is 8.69. The van der Waals surface area contributed by atoms with E-state index in [1.54, 1.807) is 11.0 Å². The van der Waals surface area contributed by atoms with Gasteiger partial charge in [0, 0.05) is 13.1 Å². The molecule has 5 heteroatoms. The predicted octanol–water partition coefficient (Wildman–Crippen LogP) is 0.965. The summed E-state index contributed by atoms with van der Waals surface area (Å²) in [6, 6.07) is 4.52. The number of aliphatic hydroxyl groups is 1. The molecule has 0 radical (unpaired) electrons. The second kappa shape index (κ2) is 4.49. The number of para-hydroxylation sites is 1. The van der Waals surface area contributed by atoms with Crippen molar-refractivity contribution >= 4 is 17.8 Å². The molecule has 16 heavy (non-hydrogen) atoms. The quantitative estimate of drug-likeness (QED) is 0.752. The zero-order valence-electron chi connectivity index (χ0n) is 8.69. The summed E-state index contributed by atoms with van der Waals surface area (Å²) in [6.45, 7) is 0.990. The van der Waals surface area contributed by atoms with E-state index in [0.29, 0.717) is 37.3 Å². The van der Waals surface area contributed by atoms with Crippen LogP contribution < -0.4 is 10.2 Å². The van der Waals surface area contributed by atoms with Crippen molar-refractivity contribution in [2.24, 2.45) is 0 Å². The molecule has 0 aromatic heterocycles. The summed E-state index contributed by atoms with van der Waals surface area (Å²) >= 11 is 0. The number of carbonyl (C=O) groups excluding carboxylic acids is 1. The van der Waals surface area contributed by atoms with E-state index >= 15 is 0 Å². The van der Waals surface area contributed by atoms with Crippen LogP contribution in [0.25, 0.3) is 0 Å². The highest BCUT2D eigenvalue weighted by molar-refractivity contribution is 5.81. The van der Waals surface area contributed by atoms with Gasteiger partial charge < -0.3 is 15.3 Å². The van der Waals surface area contributed by atoms with Crippen molar-refractivity contribution in [1.29, 1.82) is 0 Å². The molecule has 1 aliphatic heterocycles. The lowest BCUT2D eigenvalue weighted by atomic mass is 10.2. The van der Waals surface area contributed by atoms with Crippen molar-refractivity contribution in [3.8, 4) is 0 Å². The maximum absolute atomic E-state index is 13.7. The Bertz CT molecular complexity index is 398. The van der Waals surface area contributed by atoms with Crippen molar-refractivity contribution in [1.82, 2.24) is 0 Å². The first kappa shape index (κ1) is 10.9. The Hall–Kier alpha value is -1.62. The number of aliphatic hydroxyl groups excluding tert-OH is 1. The number of halogens is 1. The first-order valence-electron chi connectivity index (χ1n) is 5.14. The first-order valence-corrected chi connectivity index (χ1v) is 5.14. The fraction of sp³-hybridized carbons (Fsp3) is 0.364. The fourth-order valence-corrected chi connectivity index (χ4v) is 1.96. The first-order chi connectivity index (χ1) is 7.72.